The topological polar surface area (TPSA) is 111 Å². The number of amides is 3. The third-order valence-electron chi connectivity index (χ3n) is 6.93. The molecule has 9 nitrogen and oxygen atoms in total. The standard InChI is InChI=1S/C31H34BrN7O2/c32-27-21-35-30(36-25-9-5-10-26(20-25)37-31(41)39-17-3-4-18-39)38-29(27)34-16-6-15-33-28(40)14-12-22-11-13-23-7-1-2-8-24(23)19-22/h1-2,5,7-11,13,19-21H,3-4,6,12,14-18H2,(H,33,40)(H,37,41)(H2,34,35,36,38). The van der Waals surface area contributed by atoms with E-state index in [9.17, 15) is 9.59 Å². The summed E-state index contributed by atoms with van der Waals surface area (Å²) in [5.74, 6) is 1.14. The van der Waals surface area contributed by atoms with Crippen molar-refractivity contribution in [3.8, 4) is 0 Å². The summed E-state index contributed by atoms with van der Waals surface area (Å²) in [7, 11) is 0. The molecule has 1 aromatic heterocycles. The van der Waals surface area contributed by atoms with Gasteiger partial charge in [-0.25, -0.2) is 9.78 Å². The third kappa shape index (κ3) is 8.17. The van der Waals surface area contributed by atoms with Crippen molar-refractivity contribution < 1.29 is 9.59 Å². The molecule has 1 aliphatic heterocycles. The van der Waals surface area contributed by atoms with Crippen LogP contribution in [0, 0.1) is 0 Å². The van der Waals surface area contributed by atoms with Crippen molar-refractivity contribution in [3.63, 3.8) is 0 Å². The van der Waals surface area contributed by atoms with E-state index in [4.69, 9.17) is 0 Å². The second-order valence-electron chi connectivity index (χ2n) is 10.0. The zero-order valence-corrected chi connectivity index (χ0v) is 24.4. The van der Waals surface area contributed by atoms with Crippen LogP contribution in [0.25, 0.3) is 10.8 Å². The Morgan fingerprint density at radius 3 is 2.56 bits per heavy atom. The van der Waals surface area contributed by atoms with Gasteiger partial charge in [-0.2, -0.15) is 4.98 Å². The van der Waals surface area contributed by atoms with Gasteiger partial charge >= 0.3 is 6.03 Å². The smallest absolute Gasteiger partial charge is 0.321 e. The molecule has 4 N–H and O–H groups in total. The maximum Gasteiger partial charge on any atom is 0.321 e. The van der Waals surface area contributed by atoms with Crippen molar-refractivity contribution in [2.24, 2.45) is 0 Å². The molecule has 10 heteroatoms. The predicted octanol–water partition coefficient (Wildman–Crippen LogP) is 6.31. The summed E-state index contributed by atoms with van der Waals surface area (Å²) in [6.45, 7) is 2.81. The first kappa shape index (κ1) is 28.4. The molecule has 0 spiro atoms. The number of carbonyl (C=O) groups is 2. The zero-order chi connectivity index (χ0) is 28.4. The Morgan fingerprint density at radius 1 is 0.902 bits per heavy atom. The Kier molecular flexibility index (Phi) is 9.64. The van der Waals surface area contributed by atoms with Crippen LogP contribution in [-0.2, 0) is 11.2 Å². The average molecular weight is 617 g/mol. The molecule has 0 atom stereocenters. The quantitative estimate of drug-likeness (QED) is 0.147. The van der Waals surface area contributed by atoms with Crippen LogP contribution in [0.3, 0.4) is 0 Å². The molecule has 3 amide bonds. The minimum atomic E-state index is -0.0767. The molecular formula is C31H34BrN7O2. The van der Waals surface area contributed by atoms with E-state index in [0.717, 1.165) is 48.1 Å². The van der Waals surface area contributed by atoms with Crippen molar-refractivity contribution >= 4 is 61.8 Å². The molecule has 3 aromatic carbocycles. The molecule has 1 aliphatic rings. The number of aromatic nitrogens is 2. The molecule has 5 rings (SSSR count). The van der Waals surface area contributed by atoms with Crippen LogP contribution in [0.5, 0.6) is 0 Å². The SMILES string of the molecule is O=C(CCc1ccc2ccccc2c1)NCCCNc1nc(Nc2cccc(NC(=O)N3CCCC3)c2)ncc1Br. The minimum absolute atomic E-state index is 0.0479. The summed E-state index contributed by atoms with van der Waals surface area (Å²) >= 11 is 3.50. The molecule has 0 unspecified atom stereocenters. The van der Waals surface area contributed by atoms with Gasteiger partial charge in [0.05, 0.1) is 4.47 Å². The van der Waals surface area contributed by atoms with Crippen molar-refractivity contribution in [2.45, 2.75) is 32.1 Å². The second-order valence-corrected chi connectivity index (χ2v) is 10.9. The first-order valence-corrected chi connectivity index (χ1v) is 14.8. The Balaban J connectivity index is 1.04. The number of rotatable bonds is 11. The van der Waals surface area contributed by atoms with Crippen LogP contribution in [-0.4, -0.2) is 53.0 Å². The number of hydrogen-bond acceptors (Lipinski definition) is 6. The third-order valence-corrected chi connectivity index (χ3v) is 7.51. The maximum atomic E-state index is 12.4. The second kappa shape index (κ2) is 13.9. The minimum Gasteiger partial charge on any atom is -0.369 e. The highest BCUT2D eigenvalue weighted by molar-refractivity contribution is 9.10. The van der Waals surface area contributed by atoms with Gasteiger partial charge in [-0.1, -0.05) is 48.5 Å². The molecule has 0 saturated carbocycles. The first-order valence-electron chi connectivity index (χ1n) is 14.0. The number of urea groups is 1. The summed E-state index contributed by atoms with van der Waals surface area (Å²) in [5, 5.41) is 14.9. The van der Waals surface area contributed by atoms with E-state index in [2.05, 4.69) is 77.5 Å². The van der Waals surface area contributed by atoms with Crippen molar-refractivity contribution in [1.82, 2.24) is 20.2 Å². The molecule has 212 valence electrons. The first-order chi connectivity index (χ1) is 20.0. The molecule has 1 saturated heterocycles. The number of benzene rings is 3. The Bertz CT molecular complexity index is 1510. The number of likely N-dealkylation sites (tertiary alicyclic amines) is 1. The number of nitrogens with one attached hydrogen (secondary N) is 4. The van der Waals surface area contributed by atoms with E-state index >= 15 is 0 Å². The van der Waals surface area contributed by atoms with Gasteiger partial charge in [-0.05, 0) is 76.1 Å². The van der Waals surface area contributed by atoms with Crippen LogP contribution >= 0.6 is 15.9 Å². The fourth-order valence-electron chi connectivity index (χ4n) is 4.74. The highest BCUT2D eigenvalue weighted by Gasteiger charge is 2.17. The summed E-state index contributed by atoms with van der Waals surface area (Å²) in [4.78, 5) is 35.5. The number of hydrogen-bond donors (Lipinski definition) is 4. The van der Waals surface area contributed by atoms with Crippen LogP contribution in [0.1, 0.15) is 31.2 Å². The van der Waals surface area contributed by atoms with E-state index in [0.29, 0.717) is 43.4 Å². The summed E-state index contributed by atoms with van der Waals surface area (Å²) in [6, 6.07) is 22.0. The number of nitrogens with zero attached hydrogens (tertiary/aromatic N) is 3. The number of aryl methyl sites for hydroxylation is 1. The van der Waals surface area contributed by atoms with Gasteiger partial charge in [-0.3, -0.25) is 4.79 Å². The van der Waals surface area contributed by atoms with E-state index in [1.54, 1.807) is 6.20 Å². The van der Waals surface area contributed by atoms with E-state index in [1.165, 1.54) is 10.8 Å². The largest absolute Gasteiger partial charge is 0.369 e. The van der Waals surface area contributed by atoms with Gasteiger partial charge in [0.1, 0.15) is 5.82 Å². The lowest BCUT2D eigenvalue weighted by molar-refractivity contribution is -0.121. The number of carbonyl (C=O) groups excluding carboxylic acids is 2. The van der Waals surface area contributed by atoms with E-state index < -0.39 is 0 Å². The van der Waals surface area contributed by atoms with Crippen LogP contribution in [0.2, 0.25) is 0 Å². The Labute approximate surface area is 248 Å². The molecule has 0 aliphatic carbocycles. The fraction of sp³-hybridized carbons (Fsp3) is 0.290. The van der Waals surface area contributed by atoms with E-state index in [1.807, 2.05) is 41.3 Å². The van der Waals surface area contributed by atoms with E-state index in [-0.39, 0.29) is 11.9 Å². The highest BCUT2D eigenvalue weighted by Crippen LogP contribution is 2.24. The van der Waals surface area contributed by atoms with Crippen molar-refractivity contribution in [3.05, 3.63) is 83.0 Å². The number of halogens is 1. The van der Waals surface area contributed by atoms with Gasteiger partial charge in [0.15, 0.2) is 0 Å². The highest BCUT2D eigenvalue weighted by atomic mass is 79.9. The number of fused-ring (bicyclic) bond motifs is 1. The average Bonchev–Trinajstić information content (AvgIpc) is 3.53. The summed E-state index contributed by atoms with van der Waals surface area (Å²) < 4.78 is 0.745. The predicted molar refractivity (Wildman–Crippen MR) is 168 cm³/mol. The van der Waals surface area contributed by atoms with Crippen molar-refractivity contribution in [2.75, 3.05) is 42.1 Å². The molecule has 1 fully saturated rings. The molecule has 0 radical (unpaired) electrons. The number of anilines is 4. The molecule has 2 heterocycles. The monoisotopic (exact) mass is 615 g/mol. The normalized spacial score (nSPS) is 12.8. The Morgan fingerprint density at radius 2 is 1.71 bits per heavy atom. The lowest BCUT2D eigenvalue weighted by Gasteiger charge is -2.16. The summed E-state index contributed by atoms with van der Waals surface area (Å²) in [6.07, 6.45) is 5.71. The molecular weight excluding hydrogens is 582 g/mol. The molecule has 41 heavy (non-hydrogen) atoms. The molecule has 0 bridgehead atoms. The van der Waals surface area contributed by atoms with Crippen LogP contribution in [0.15, 0.2) is 77.4 Å². The van der Waals surface area contributed by atoms with Gasteiger partial charge in [0.2, 0.25) is 11.9 Å². The Hall–Kier alpha value is -4.18. The van der Waals surface area contributed by atoms with Gasteiger partial charge < -0.3 is 26.2 Å². The summed E-state index contributed by atoms with van der Waals surface area (Å²) in [5.41, 5.74) is 2.64. The van der Waals surface area contributed by atoms with Gasteiger partial charge in [0, 0.05) is 50.2 Å². The molecule has 4 aromatic rings. The van der Waals surface area contributed by atoms with Crippen LogP contribution in [0.4, 0.5) is 27.9 Å². The zero-order valence-electron chi connectivity index (χ0n) is 22.8. The fourth-order valence-corrected chi connectivity index (χ4v) is 5.07. The lowest BCUT2D eigenvalue weighted by atomic mass is 10.0. The lowest BCUT2D eigenvalue weighted by Crippen LogP contribution is -2.32. The van der Waals surface area contributed by atoms with Crippen molar-refractivity contribution in [1.29, 1.82) is 0 Å². The van der Waals surface area contributed by atoms with Gasteiger partial charge in [0.25, 0.3) is 0 Å². The van der Waals surface area contributed by atoms with Crippen LogP contribution < -0.4 is 21.3 Å². The van der Waals surface area contributed by atoms with Gasteiger partial charge in [-0.15, -0.1) is 0 Å². The maximum absolute atomic E-state index is 12.4.